The summed E-state index contributed by atoms with van der Waals surface area (Å²) < 4.78 is 7.88. The van der Waals surface area contributed by atoms with Gasteiger partial charge in [-0.25, -0.2) is 0 Å². The minimum Gasteiger partial charge on any atom is -0.487 e. The Balaban J connectivity index is 1.69. The highest BCUT2D eigenvalue weighted by Crippen LogP contribution is 2.35. The molecule has 3 rings (SSSR count). The Hall–Kier alpha value is -1.78. The lowest BCUT2D eigenvalue weighted by Gasteiger charge is -2.14. The van der Waals surface area contributed by atoms with Crippen molar-refractivity contribution in [3.63, 3.8) is 0 Å². The van der Waals surface area contributed by atoms with Gasteiger partial charge >= 0.3 is 0 Å². The van der Waals surface area contributed by atoms with E-state index in [1.54, 1.807) is 0 Å². The van der Waals surface area contributed by atoms with Crippen LogP contribution in [0.4, 0.5) is 5.69 Å². The number of anilines is 1. The van der Waals surface area contributed by atoms with Gasteiger partial charge in [0, 0.05) is 12.2 Å². The smallest absolute Gasteiger partial charge is 0.148 e. The summed E-state index contributed by atoms with van der Waals surface area (Å²) in [5, 5.41) is 3.52. The first kappa shape index (κ1) is 19.0. The Morgan fingerprint density at radius 2 is 1.54 bits per heavy atom. The zero-order chi connectivity index (χ0) is 18.5. The minimum absolute atomic E-state index is 0.540. The summed E-state index contributed by atoms with van der Waals surface area (Å²) in [5.41, 5.74) is 5.99. The molecule has 3 aromatic rings. The third-order valence-electron chi connectivity index (χ3n) is 4.16. The quantitative estimate of drug-likeness (QED) is 0.414. The van der Waals surface area contributed by atoms with Crippen LogP contribution in [0.2, 0.25) is 0 Å². The first-order valence-electron chi connectivity index (χ1n) is 8.48. The van der Waals surface area contributed by atoms with Crippen LogP contribution in [0.15, 0.2) is 69.6 Å². The molecule has 0 aliphatic carbocycles. The molecule has 26 heavy (non-hydrogen) atoms. The maximum atomic E-state index is 5.99. The van der Waals surface area contributed by atoms with Crippen LogP contribution in [0.1, 0.15) is 22.3 Å². The maximum Gasteiger partial charge on any atom is 0.148 e. The summed E-state index contributed by atoms with van der Waals surface area (Å²) in [6, 6.07) is 20.8. The average Bonchev–Trinajstić information content (AvgIpc) is 2.62. The lowest BCUT2D eigenvalue weighted by atomic mass is 10.1. The Bertz CT molecular complexity index is 871. The molecule has 0 atom stereocenters. The van der Waals surface area contributed by atoms with E-state index in [1.807, 2.05) is 18.2 Å². The second-order valence-electron chi connectivity index (χ2n) is 6.33. The number of aryl methyl sites for hydroxylation is 2. The number of benzene rings is 3. The molecule has 0 aliphatic heterocycles. The SMILES string of the molecule is Cc1ccc(C)c(NCc2cc(Br)c(OCc3ccccc3)c(Br)c2)c1. The first-order valence-corrected chi connectivity index (χ1v) is 10.1. The van der Waals surface area contributed by atoms with Crippen molar-refractivity contribution in [2.75, 3.05) is 5.32 Å². The molecule has 2 nitrogen and oxygen atoms in total. The number of nitrogens with one attached hydrogen (secondary N) is 1. The molecule has 0 saturated heterocycles. The zero-order valence-electron chi connectivity index (χ0n) is 14.9. The summed E-state index contributed by atoms with van der Waals surface area (Å²) in [6.07, 6.45) is 0. The van der Waals surface area contributed by atoms with Crippen molar-refractivity contribution in [2.24, 2.45) is 0 Å². The lowest BCUT2D eigenvalue weighted by molar-refractivity contribution is 0.302. The van der Waals surface area contributed by atoms with Crippen LogP contribution >= 0.6 is 31.9 Å². The Kier molecular flexibility index (Phi) is 6.38. The van der Waals surface area contributed by atoms with E-state index in [4.69, 9.17) is 4.74 Å². The molecule has 134 valence electrons. The van der Waals surface area contributed by atoms with Crippen molar-refractivity contribution in [3.8, 4) is 5.75 Å². The van der Waals surface area contributed by atoms with Gasteiger partial charge in [-0.05, 0) is 86.2 Å². The third kappa shape index (κ3) is 4.89. The summed E-state index contributed by atoms with van der Waals surface area (Å²) >= 11 is 7.28. The molecule has 0 fully saturated rings. The molecule has 0 heterocycles. The number of ether oxygens (including phenoxy) is 1. The molecule has 0 spiro atoms. The average molecular weight is 475 g/mol. The third-order valence-corrected chi connectivity index (χ3v) is 5.34. The van der Waals surface area contributed by atoms with Crippen LogP contribution in [0.5, 0.6) is 5.75 Å². The predicted molar refractivity (Wildman–Crippen MR) is 116 cm³/mol. The van der Waals surface area contributed by atoms with Crippen LogP contribution in [0, 0.1) is 13.8 Å². The molecule has 0 aliphatic rings. The highest BCUT2D eigenvalue weighted by atomic mass is 79.9. The van der Waals surface area contributed by atoms with Crippen LogP contribution in [0.3, 0.4) is 0 Å². The van der Waals surface area contributed by atoms with Crippen molar-refractivity contribution in [3.05, 3.63) is 91.9 Å². The van der Waals surface area contributed by atoms with Crippen LogP contribution in [0.25, 0.3) is 0 Å². The van der Waals surface area contributed by atoms with Crippen molar-refractivity contribution < 1.29 is 4.74 Å². The van der Waals surface area contributed by atoms with E-state index in [0.29, 0.717) is 6.61 Å². The molecular weight excluding hydrogens is 454 g/mol. The minimum atomic E-state index is 0.540. The molecule has 1 N–H and O–H groups in total. The van der Waals surface area contributed by atoms with Gasteiger partial charge in [-0.15, -0.1) is 0 Å². The van der Waals surface area contributed by atoms with Crippen LogP contribution in [-0.4, -0.2) is 0 Å². The number of rotatable bonds is 6. The summed E-state index contributed by atoms with van der Waals surface area (Å²) in [5.74, 6) is 0.823. The van der Waals surface area contributed by atoms with Gasteiger partial charge < -0.3 is 10.1 Å². The van der Waals surface area contributed by atoms with Gasteiger partial charge in [-0.1, -0.05) is 42.5 Å². The normalized spacial score (nSPS) is 10.6. The van der Waals surface area contributed by atoms with Gasteiger partial charge in [-0.2, -0.15) is 0 Å². The standard InChI is InChI=1S/C22H21Br2NO/c1-15-8-9-16(2)21(10-15)25-13-18-11-19(23)22(20(24)12-18)26-14-17-6-4-3-5-7-17/h3-12,25H,13-14H2,1-2H3. The Morgan fingerprint density at radius 3 is 2.23 bits per heavy atom. The Morgan fingerprint density at radius 1 is 0.846 bits per heavy atom. The molecule has 0 aromatic heterocycles. The van der Waals surface area contributed by atoms with Crippen molar-refractivity contribution in [1.29, 1.82) is 0 Å². The second-order valence-corrected chi connectivity index (χ2v) is 8.04. The van der Waals surface area contributed by atoms with Crippen molar-refractivity contribution in [2.45, 2.75) is 27.0 Å². The van der Waals surface area contributed by atoms with Crippen molar-refractivity contribution in [1.82, 2.24) is 0 Å². The number of hydrogen-bond acceptors (Lipinski definition) is 2. The van der Waals surface area contributed by atoms with E-state index in [0.717, 1.165) is 26.8 Å². The molecule has 4 heteroatoms. The van der Waals surface area contributed by atoms with E-state index >= 15 is 0 Å². The van der Waals surface area contributed by atoms with Crippen LogP contribution in [-0.2, 0) is 13.2 Å². The fraction of sp³-hybridized carbons (Fsp3) is 0.182. The molecule has 0 bridgehead atoms. The van der Waals surface area contributed by atoms with Gasteiger partial charge in [0.2, 0.25) is 0 Å². The van der Waals surface area contributed by atoms with Gasteiger partial charge in [0.1, 0.15) is 12.4 Å². The highest BCUT2D eigenvalue weighted by Gasteiger charge is 2.10. The predicted octanol–water partition coefficient (Wildman–Crippen LogP) is 7.02. The van der Waals surface area contributed by atoms with E-state index in [1.165, 1.54) is 22.4 Å². The van der Waals surface area contributed by atoms with Crippen molar-refractivity contribution >= 4 is 37.5 Å². The molecule has 0 amide bonds. The summed E-state index contributed by atoms with van der Waals surface area (Å²) in [7, 11) is 0. The van der Waals surface area contributed by atoms with Gasteiger partial charge in [0.15, 0.2) is 0 Å². The van der Waals surface area contributed by atoms with Gasteiger partial charge in [0.25, 0.3) is 0 Å². The maximum absolute atomic E-state index is 5.99. The highest BCUT2D eigenvalue weighted by molar-refractivity contribution is 9.11. The second kappa shape index (κ2) is 8.74. The first-order chi connectivity index (χ1) is 12.5. The van der Waals surface area contributed by atoms with Gasteiger partial charge in [0.05, 0.1) is 8.95 Å². The van der Waals surface area contributed by atoms with E-state index in [2.05, 4.69) is 93.5 Å². The Labute approximate surface area is 171 Å². The molecule has 0 saturated carbocycles. The fourth-order valence-corrected chi connectivity index (χ4v) is 4.22. The van der Waals surface area contributed by atoms with Crippen LogP contribution < -0.4 is 10.1 Å². The molecular formula is C22H21Br2NO. The fourth-order valence-electron chi connectivity index (χ4n) is 2.71. The molecule has 0 radical (unpaired) electrons. The lowest BCUT2D eigenvalue weighted by Crippen LogP contribution is -2.03. The summed E-state index contributed by atoms with van der Waals surface area (Å²) in [4.78, 5) is 0. The number of halogens is 2. The number of hydrogen-bond donors (Lipinski definition) is 1. The largest absolute Gasteiger partial charge is 0.487 e. The van der Waals surface area contributed by atoms with E-state index in [-0.39, 0.29) is 0 Å². The molecule has 0 unspecified atom stereocenters. The molecule has 3 aromatic carbocycles. The van der Waals surface area contributed by atoms with E-state index < -0.39 is 0 Å². The summed E-state index contributed by atoms with van der Waals surface area (Å²) in [6.45, 7) is 5.52. The monoisotopic (exact) mass is 473 g/mol. The van der Waals surface area contributed by atoms with E-state index in [9.17, 15) is 0 Å². The zero-order valence-corrected chi connectivity index (χ0v) is 18.0. The van der Waals surface area contributed by atoms with Gasteiger partial charge in [-0.3, -0.25) is 0 Å². The topological polar surface area (TPSA) is 21.3 Å².